The molecule has 2 fully saturated rings. The maximum absolute atomic E-state index is 12.4. The summed E-state index contributed by atoms with van der Waals surface area (Å²) in [6, 6.07) is 7.44. The first-order chi connectivity index (χ1) is 11.5. The minimum Gasteiger partial charge on any atom is -0.406 e. The Morgan fingerprint density at radius 1 is 1.17 bits per heavy atom. The predicted octanol–water partition coefficient (Wildman–Crippen LogP) is 3.91. The van der Waals surface area contributed by atoms with Gasteiger partial charge in [-0.25, -0.2) is 0 Å². The summed E-state index contributed by atoms with van der Waals surface area (Å²) in [5, 5.41) is 3.43. The highest BCUT2D eigenvalue weighted by Gasteiger charge is 2.36. The Kier molecular flexibility index (Phi) is 5.35. The lowest BCUT2D eigenvalue weighted by molar-refractivity contribution is -0.274. The normalized spacial score (nSPS) is 28.9. The summed E-state index contributed by atoms with van der Waals surface area (Å²) < 4.78 is 41.4. The maximum atomic E-state index is 12.4. The molecule has 1 aliphatic carbocycles. The minimum absolute atomic E-state index is 0.117. The number of alkyl halides is 3. The van der Waals surface area contributed by atoms with Crippen molar-refractivity contribution in [1.82, 2.24) is 10.2 Å². The zero-order chi connectivity index (χ0) is 17.2. The van der Waals surface area contributed by atoms with E-state index in [0.717, 1.165) is 37.9 Å². The van der Waals surface area contributed by atoms with Crippen molar-refractivity contribution in [2.24, 2.45) is 0 Å². The molecule has 2 aliphatic rings. The van der Waals surface area contributed by atoms with Gasteiger partial charge in [0.15, 0.2) is 0 Å². The Labute approximate surface area is 141 Å². The molecule has 6 heteroatoms. The van der Waals surface area contributed by atoms with Crippen molar-refractivity contribution < 1.29 is 17.9 Å². The van der Waals surface area contributed by atoms with E-state index in [9.17, 15) is 13.2 Å². The Morgan fingerprint density at radius 2 is 1.92 bits per heavy atom. The number of halogens is 3. The van der Waals surface area contributed by atoms with Gasteiger partial charge in [-0.3, -0.25) is 4.90 Å². The molecule has 24 heavy (non-hydrogen) atoms. The van der Waals surface area contributed by atoms with Gasteiger partial charge < -0.3 is 10.1 Å². The largest absolute Gasteiger partial charge is 0.573 e. The first-order valence-corrected chi connectivity index (χ1v) is 8.73. The summed E-state index contributed by atoms with van der Waals surface area (Å²) in [6.45, 7) is 2.26. The Hall–Kier alpha value is -1.27. The topological polar surface area (TPSA) is 24.5 Å². The lowest BCUT2D eigenvalue weighted by atomic mass is 9.78. The molecule has 1 saturated heterocycles. The Balaban J connectivity index is 1.73. The molecule has 0 aromatic heterocycles. The second-order valence-corrected chi connectivity index (χ2v) is 6.84. The fraction of sp³-hybridized carbons (Fsp3) is 0.667. The molecule has 1 heterocycles. The van der Waals surface area contributed by atoms with E-state index in [1.807, 2.05) is 13.1 Å². The first kappa shape index (κ1) is 17.5. The molecule has 1 N–H and O–H groups in total. The highest BCUT2D eigenvalue weighted by Crippen LogP contribution is 2.37. The van der Waals surface area contributed by atoms with Gasteiger partial charge in [-0.2, -0.15) is 0 Å². The monoisotopic (exact) mass is 342 g/mol. The zero-order valence-corrected chi connectivity index (χ0v) is 14.0. The Morgan fingerprint density at radius 3 is 2.58 bits per heavy atom. The van der Waals surface area contributed by atoms with Crippen LogP contribution in [0, 0.1) is 0 Å². The van der Waals surface area contributed by atoms with Crippen molar-refractivity contribution in [3.63, 3.8) is 0 Å². The molecular formula is C18H25F3N2O. The summed E-state index contributed by atoms with van der Waals surface area (Å²) in [7, 11) is 2.01. The van der Waals surface area contributed by atoms with Gasteiger partial charge in [0.2, 0.25) is 0 Å². The van der Waals surface area contributed by atoms with Crippen LogP contribution < -0.4 is 10.1 Å². The van der Waals surface area contributed by atoms with Crippen molar-refractivity contribution >= 4 is 0 Å². The molecule has 0 unspecified atom stereocenters. The molecule has 1 aromatic carbocycles. The third kappa shape index (κ3) is 4.22. The summed E-state index contributed by atoms with van der Waals surface area (Å²) >= 11 is 0. The number of nitrogens with one attached hydrogen (secondary N) is 1. The van der Waals surface area contributed by atoms with Crippen molar-refractivity contribution in [3.8, 4) is 5.75 Å². The highest BCUT2D eigenvalue weighted by molar-refractivity contribution is 5.31. The van der Waals surface area contributed by atoms with E-state index >= 15 is 0 Å². The number of likely N-dealkylation sites (N-methyl/N-ethyl adjacent to an activating group) is 1. The quantitative estimate of drug-likeness (QED) is 0.898. The maximum Gasteiger partial charge on any atom is 0.573 e. The molecule has 3 atom stereocenters. The molecule has 0 amide bonds. The second-order valence-electron chi connectivity index (χ2n) is 6.84. The van der Waals surface area contributed by atoms with Gasteiger partial charge in [-0.05, 0) is 75.9 Å². The highest BCUT2D eigenvalue weighted by atomic mass is 19.4. The Bertz CT molecular complexity index is 541. The first-order valence-electron chi connectivity index (χ1n) is 8.73. The summed E-state index contributed by atoms with van der Waals surface area (Å²) in [6.07, 6.45) is 0.874. The SMILES string of the molecule is CN[C@H]1CC[C@H](c2cccc(OC(F)(F)F)c2)C[C@@H]1N1CCCC1. The van der Waals surface area contributed by atoms with Gasteiger partial charge >= 0.3 is 6.36 Å². The van der Waals surface area contributed by atoms with Crippen LogP contribution in [0.25, 0.3) is 0 Å². The molecule has 3 rings (SSSR count). The van der Waals surface area contributed by atoms with Crippen LogP contribution >= 0.6 is 0 Å². The van der Waals surface area contributed by atoms with Crippen LogP contribution in [0.15, 0.2) is 24.3 Å². The smallest absolute Gasteiger partial charge is 0.406 e. The fourth-order valence-electron chi connectivity index (χ4n) is 4.23. The average molecular weight is 342 g/mol. The van der Waals surface area contributed by atoms with Crippen LogP contribution in [0.3, 0.4) is 0 Å². The number of ether oxygens (including phenoxy) is 1. The van der Waals surface area contributed by atoms with Gasteiger partial charge in [0.05, 0.1) is 0 Å². The summed E-state index contributed by atoms with van der Waals surface area (Å²) in [5.74, 6) is 0.172. The molecule has 134 valence electrons. The third-order valence-electron chi connectivity index (χ3n) is 5.36. The number of hydrogen-bond donors (Lipinski definition) is 1. The zero-order valence-electron chi connectivity index (χ0n) is 14.0. The van der Waals surface area contributed by atoms with Gasteiger partial charge in [0.25, 0.3) is 0 Å². The molecule has 3 nitrogen and oxygen atoms in total. The van der Waals surface area contributed by atoms with Crippen molar-refractivity contribution in [2.75, 3.05) is 20.1 Å². The molecule has 1 aromatic rings. The fourth-order valence-corrected chi connectivity index (χ4v) is 4.23. The summed E-state index contributed by atoms with van der Waals surface area (Å²) in [4.78, 5) is 2.55. The van der Waals surface area contributed by atoms with E-state index in [0.29, 0.717) is 12.1 Å². The van der Waals surface area contributed by atoms with E-state index in [1.54, 1.807) is 12.1 Å². The minimum atomic E-state index is -4.64. The van der Waals surface area contributed by atoms with E-state index < -0.39 is 6.36 Å². The molecule has 0 bridgehead atoms. The predicted molar refractivity (Wildman–Crippen MR) is 87.2 cm³/mol. The number of likely N-dealkylation sites (tertiary alicyclic amines) is 1. The van der Waals surface area contributed by atoms with Gasteiger partial charge in [0, 0.05) is 12.1 Å². The molecule has 0 radical (unpaired) electrons. The third-order valence-corrected chi connectivity index (χ3v) is 5.36. The van der Waals surface area contributed by atoms with E-state index in [-0.39, 0.29) is 11.7 Å². The lowest BCUT2D eigenvalue weighted by Crippen LogP contribution is -2.51. The van der Waals surface area contributed by atoms with Gasteiger partial charge in [-0.1, -0.05) is 12.1 Å². The second kappa shape index (κ2) is 7.31. The summed E-state index contributed by atoms with van der Waals surface area (Å²) in [5.41, 5.74) is 0.954. The van der Waals surface area contributed by atoms with Crippen LogP contribution in [0.2, 0.25) is 0 Å². The van der Waals surface area contributed by atoms with Gasteiger partial charge in [0.1, 0.15) is 5.75 Å². The van der Waals surface area contributed by atoms with Crippen LogP contribution in [0.1, 0.15) is 43.6 Å². The van der Waals surface area contributed by atoms with Crippen LogP contribution in [-0.4, -0.2) is 43.5 Å². The molecular weight excluding hydrogens is 317 g/mol. The molecule has 0 spiro atoms. The van der Waals surface area contributed by atoms with Crippen molar-refractivity contribution in [2.45, 2.75) is 56.5 Å². The lowest BCUT2D eigenvalue weighted by Gasteiger charge is -2.41. The van der Waals surface area contributed by atoms with E-state index in [2.05, 4.69) is 15.0 Å². The standard InChI is InChI=1S/C18H25F3N2O/c1-22-16-8-7-14(12-17(16)23-9-2-3-10-23)13-5-4-6-15(11-13)24-18(19,20)21/h4-6,11,14,16-17,22H,2-3,7-10,12H2,1H3/t14-,16-,17-/m0/s1. The number of nitrogens with zero attached hydrogens (tertiary/aromatic N) is 1. The van der Waals surface area contributed by atoms with Crippen molar-refractivity contribution in [3.05, 3.63) is 29.8 Å². The van der Waals surface area contributed by atoms with Crippen molar-refractivity contribution in [1.29, 1.82) is 0 Å². The van der Waals surface area contributed by atoms with Gasteiger partial charge in [-0.15, -0.1) is 13.2 Å². The van der Waals surface area contributed by atoms with Crippen LogP contribution in [0.5, 0.6) is 5.75 Å². The van der Waals surface area contributed by atoms with Crippen LogP contribution in [0.4, 0.5) is 13.2 Å². The number of rotatable bonds is 4. The van der Waals surface area contributed by atoms with E-state index in [1.165, 1.54) is 18.9 Å². The molecule has 1 saturated carbocycles. The number of benzene rings is 1. The average Bonchev–Trinajstić information content (AvgIpc) is 3.07. The van der Waals surface area contributed by atoms with E-state index in [4.69, 9.17) is 0 Å². The molecule has 1 aliphatic heterocycles. The number of hydrogen-bond acceptors (Lipinski definition) is 3. The van der Waals surface area contributed by atoms with Crippen LogP contribution in [-0.2, 0) is 0 Å².